The molecule has 0 spiro atoms. The van der Waals surface area contributed by atoms with Crippen LogP contribution in [0.1, 0.15) is 18.9 Å². The van der Waals surface area contributed by atoms with Crippen LogP contribution in [0.25, 0.3) is 0 Å². The summed E-state index contributed by atoms with van der Waals surface area (Å²) in [6.45, 7) is 2.77. The molecule has 1 aromatic rings. The van der Waals surface area contributed by atoms with Crippen molar-refractivity contribution in [1.29, 1.82) is 0 Å². The van der Waals surface area contributed by atoms with Gasteiger partial charge in [-0.15, -0.1) is 0 Å². The van der Waals surface area contributed by atoms with Crippen LogP contribution in [0.2, 0.25) is 0 Å². The molecule has 2 atom stereocenters. The summed E-state index contributed by atoms with van der Waals surface area (Å²) in [5.41, 5.74) is 6.73. The number of methoxy groups -OCH3 is 1. The van der Waals surface area contributed by atoms with Gasteiger partial charge in [-0.2, -0.15) is 0 Å². The highest BCUT2D eigenvalue weighted by molar-refractivity contribution is 5.18. The Labute approximate surface area is 96.6 Å². The van der Waals surface area contributed by atoms with E-state index in [-0.39, 0.29) is 11.9 Å². The van der Waals surface area contributed by atoms with E-state index in [4.69, 9.17) is 10.5 Å². The Kier molecular flexibility index (Phi) is 5.43. The Morgan fingerprint density at radius 1 is 1.38 bits per heavy atom. The fourth-order valence-electron chi connectivity index (χ4n) is 1.64. The third kappa shape index (κ3) is 3.91. The highest BCUT2D eigenvalue weighted by Crippen LogP contribution is 2.14. The van der Waals surface area contributed by atoms with Crippen molar-refractivity contribution in [2.45, 2.75) is 25.8 Å². The summed E-state index contributed by atoms with van der Waals surface area (Å²) >= 11 is 0. The van der Waals surface area contributed by atoms with E-state index in [2.05, 4.69) is 6.92 Å². The zero-order chi connectivity index (χ0) is 12.0. The lowest BCUT2D eigenvalue weighted by atomic mass is 9.93. The maximum atomic E-state index is 13.4. The molecule has 0 aromatic heterocycles. The van der Waals surface area contributed by atoms with Gasteiger partial charge in [0.05, 0.1) is 0 Å². The second-order valence-corrected chi connectivity index (χ2v) is 4.22. The van der Waals surface area contributed by atoms with Crippen LogP contribution in [0.5, 0.6) is 0 Å². The molecule has 0 aliphatic rings. The van der Waals surface area contributed by atoms with Crippen LogP contribution in [0, 0.1) is 11.7 Å². The van der Waals surface area contributed by atoms with Crippen LogP contribution < -0.4 is 5.73 Å². The van der Waals surface area contributed by atoms with Crippen molar-refractivity contribution in [1.82, 2.24) is 0 Å². The predicted molar refractivity (Wildman–Crippen MR) is 63.7 cm³/mol. The fraction of sp³-hybridized carbons (Fsp3) is 0.538. The number of hydrogen-bond donors (Lipinski definition) is 1. The van der Waals surface area contributed by atoms with Crippen molar-refractivity contribution >= 4 is 0 Å². The smallest absolute Gasteiger partial charge is 0.126 e. The number of benzene rings is 1. The van der Waals surface area contributed by atoms with E-state index in [0.717, 1.165) is 6.42 Å². The predicted octanol–water partition coefficient (Wildman–Crippen LogP) is 2.37. The van der Waals surface area contributed by atoms with Gasteiger partial charge in [-0.25, -0.2) is 4.39 Å². The summed E-state index contributed by atoms with van der Waals surface area (Å²) in [5, 5.41) is 0. The Balaban J connectivity index is 2.50. The van der Waals surface area contributed by atoms with E-state index in [9.17, 15) is 4.39 Å². The van der Waals surface area contributed by atoms with Crippen molar-refractivity contribution in [2.24, 2.45) is 11.7 Å². The molecule has 0 radical (unpaired) electrons. The lowest BCUT2D eigenvalue weighted by molar-refractivity contribution is 0.174. The Morgan fingerprint density at radius 2 is 2.06 bits per heavy atom. The average molecular weight is 225 g/mol. The second kappa shape index (κ2) is 6.61. The summed E-state index contributed by atoms with van der Waals surface area (Å²) in [5.74, 6) is 0.163. The quantitative estimate of drug-likeness (QED) is 0.806. The van der Waals surface area contributed by atoms with Gasteiger partial charge in [-0.1, -0.05) is 25.1 Å². The van der Waals surface area contributed by atoms with Crippen molar-refractivity contribution in [3.63, 3.8) is 0 Å². The fourth-order valence-corrected chi connectivity index (χ4v) is 1.64. The molecule has 16 heavy (non-hydrogen) atoms. The van der Waals surface area contributed by atoms with E-state index >= 15 is 0 Å². The summed E-state index contributed by atoms with van der Waals surface area (Å²) in [6, 6.07) is 6.77. The molecule has 0 saturated heterocycles. The van der Waals surface area contributed by atoms with Crippen LogP contribution in [-0.2, 0) is 11.2 Å². The first-order chi connectivity index (χ1) is 7.65. The third-order valence-electron chi connectivity index (χ3n) is 2.92. The molecule has 0 amide bonds. The van der Waals surface area contributed by atoms with Crippen LogP contribution in [0.15, 0.2) is 24.3 Å². The molecule has 1 rings (SSSR count). The summed E-state index contributed by atoms with van der Waals surface area (Å²) < 4.78 is 18.4. The van der Waals surface area contributed by atoms with E-state index in [0.29, 0.717) is 24.5 Å². The maximum absolute atomic E-state index is 13.4. The van der Waals surface area contributed by atoms with Crippen LogP contribution in [-0.4, -0.2) is 19.8 Å². The topological polar surface area (TPSA) is 35.2 Å². The molecule has 2 N–H and O–H groups in total. The van der Waals surface area contributed by atoms with Gasteiger partial charge in [0, 0.05) is 19.8 Å². The SMILES string of the molecule is COCCC(C)C(N)Cc1ccccc1F. The normalized spacial score (nSPS) is 14.8. The maximum Gasteiger partial charge on any atom is 0.126 e. The number of rotatable bonds is 6. The molecule has 0 fully saturated rings. The Morgan fingerprint density at radius 3 is 2.69 bits per heavy atom. The molecule has 1 aromatic carbocycles. The largest absolute Gasteiger partial charge is 0.385 e. The minimum atomic E-state index is -0.170. The van der Waals surface area contributed by atoms with E-state index in [1.807, 2.05) is 6.07 Å². The summed E-state index contributed by atoms with van der Waals surface area (Å²) in [7, 11) is 1.68. The van der Waals surface area contributed by atoms with Gasteiger partial charge in [-0.05, 0) is 30.4 Å². The van der Waals surface area contributed by atoms with Crippen LogP contribution in [0.4, 0.5) is 4.39 Å². The van der Waals surface area contributed by atoms with Crippen LogP contribution in [0.3, 0.4) is 0 Å². The molecule has 2 nitrogen and oxygen atoms in total. The molecule has 0 aliphatic heterocycles. The van der Waals surface area contributed by atoms with Crippen molar-refractivity contribution in [3.05, 3.63) is 35.6 Å². The van der Waals surface area contributed by atoms with Gasteiger partial charge >= 0.3 is 0 Å². The first-order valence-electron chi connectivity index (χ1n) is 5.63. The zero-order valence-electron chi connectivity index (χ0n) is 9.95. The second-order valence-electron chi connectivity index (χ2n) is 4.22. The average Bonchev–Trinajstić information content (AvgIpc) is 2.28. The van der Waals surface area contributed by atoms with Gasteiger partial charge in [0.25, 0.3) is 0 Å². The third-order valence-corrected chi connectivity index (χ3v) is 2.92. The summed E-state index contributed by atoms with van der Waals surface area (Å²) in [4.78, 5) is 0. The monoisotopic (exact) mass is 225 g/mol. The lowest BCUT2D eigenvalue weighted by Gasteiger charge is -2.19. The van der Waals surface area contributed by atoms with Gasteiger partial charge < -0.3 is 10.5 Å². The number of halogens is 1. The van der Waals surface area contributed by atoms with Crippen molar-refractivity contribution in [3.8, 4) is 0 Å². The molecular weight excluding hydrogens is 205 g/mol. The van der Waals surface area contributed by atoms with Crippen LogP contribution >= 0.6 is 0 Å². The molecule has 0 aliphatic carbocycles. The first kappa shape index (κ1) is 13.1. The minimum Gasteiger partial charge on any atom is -0.385 e. The molecule has 0 saturated carbocycles. The Hall–Kier alpha value is -0.930. The molecule has 0 bridgehead atoms. The first-order valence-corrected chi connectivity index (χ1v) is 5.63. The molecule has 90 valence electrons. The van der Waals surface area contributed by atoms with Crippen molar-refractivity contribution in [2.75, 3.05) is 13.7 Å². The lowest BCUT2D eigenvalue weighted by Crippen LogP contribution is -2.31. The highest BCUT2D eigenvalue weighted by Gasteiger charge is 2.14. The van der Waals surface area contributed by atoms with E-state index < -0.39 is 0 Å². The minimum absolute atomic E-state index is 0.0212. The van der Waals surface area contributed by atoms with Gasteiger partial charge in [0.15, 0.2) is 0 Å². The Bertz CT molecular complexity index is 317. The standard InChI is InChI=1S/C13H20FNO/c1-10(7-8-16-2)13(15)9-11-5-3-4-6-12(11)14/h3-6,10,13H,7-9,15H2,1-2H3. The highest BCUT2D eigenvalue weighted by atomic mass is 19.1. The zero-order valence-corrected chi connectivity index (χ0v) is 9.95. The number of hydrogen-bond acceptors (Lipinski definition) is 2. The number of ether oxygens (including phenoxy) is 1. The molecule has 0 heterocycles. The molecular formula is C13H20FNO. The molecule has 2 unspecified atom stereocenters. The molecule has 3 heteroatoms. The van der Waals surface area contributed by atoms with Crippen molar-refractivity contribution < 1.29 is 9.13 Å². The van der Waals surface area contributed by atoms with Gasteiger partial charge in [-0.3, -0.25) is 0 Å². The van der Waals surface area contributed by atoms with E-state index in [1.54, 1.807) is 19.2 Å². The number of nitrogens with two attached hydrogens (primary N) is 1. The van der Waals surface area contributed by atoms with E-state index in [1.165, 1.54) is 6.07 Å². The summed E-state index contributed by atoms with van der Waals surface area (Å²) in [6.07, 6.45) is 1.49. The van der Waals surface area contributed by atoms with Gasteiger partial charge in [0.2, 0.25) is 0 Å². The van der Waals surface area contributed by atoms with Gasteiger partial charge in [0.1, 0.15) is 5.82 Å².